The van der Waals surface area contributed by atoms with Gasteiger partial charge in [0.1, 0.15) is 0 Å². The van der Waals surface area contributed by atoms with Crippen molar-refractivity contribution in [3.8, 4) is 0 Å². The molecule has 0 fully saturated rings. The zero-order valence-corrected chi connectivity index (χ0v) is 9.51. The van der Waals surface area contributed by atoms with Crippen LogP contribution in [-0.2, 0) is 0 Å². The van der Waals surface area contributed by atoms with Crippen molar-refractivity contribution in [2.24, 2.45) is 4.99 Å². The lowest BCUT2D eigenvalue weighted by atomic mass is 10.0. The fraction of sp³-hybridized carbons (Fsp3) is 0.143. The van der Waals surface area contributed by atoms with Crippen LogP contribution in [0.2, 0.25) is 0 Å². The Morgan fingerprint density at radius 1 is 1.25 bits per heavy atom. The van der Waals surface area contributed by atoms with E-state index in [0.717, 1.165) is 5.52 Å². The fourth-order valence-electron chi connectivity index (χ4n) is 1.72. The number of fused-ring (bicyclic) bond motifs is 1. The normalized spacial score (nSPS) is 11.9. The van der Waals surface area contributed by atoms with Crippen LogP contribution >= 0.6 is 0 Å². The molecule has 0 aliphatic rings. The molecule has 0 spiro atoms. The van der Waals surface area contributed by atoms with Crippen molar-refractivity contribution in [1.82, 2.24) is 4.98 Å². The summed E-state index contributed by atoms with van der Waals surface area (Å²) in [7, 11) is 1.76. The van der Waals surface area contributed by atoms with E-state index in [2.05, 4.69) is 41.2 Å². The molecule has 0 atom stereocenters. The number of pyridine rings is 1. The molecule has 1 heterocycles. The van der Waals surface area contributed by atoms with Gasteiger partial charge in [-0.25, -0.2) is 0 Å². The SMILES string of the molecule is CN=C/C=C\c1ccc2cccnc2c1C. The third-order valence-corrected chi connectivity index (χ3v) is 2.58. The van der Waals surface area contributed by atoms with Crippen molar-refractivity contribution in [3.63, 3.8) is 0 Å². The van der Waals surface area contributed by atoms with E-state index in [-0.39, 0.29) is 0 Å². The maximum Gasteiger partial charge on any atom is 0.0737 e. The number of benzene rings is 1. The first-order valence-electron chi connectivity index (χ1n) is 5.26. The molecule has 2 heteroatoms. The summed E-state index contributed by atoms with van der Waals surface area (Å²) in [4.78, 5) is 8.32. The molecule has 0 radical (unpaired) electrons. The summed E-state index contributed by atoms with van der Waals surface area (Å²) in [6.45, 7) is 2.10. The second kappa shape index (κ2) is 4.71. The van der Waals surface area contributed by atoms with Gasteiger partial charge in [0.2, 0.25) is 0 Å². The molecule has 2 rings (SSSR count). The van der Waals surface area contributed by atoms with E-state index >= 15 is 0 Å². The average Bonchev–Trinajstić information content (AvgIpc) is 2.33. The lowest BCUT2D eigenvalue weighted by Crippen LogP contribution is -1.86. The topological polar surface area (TPSA) is 25.2 Å². The minimum atomic E-state index is 1.07. The van der Waals surface area contributed by atoms with Gasteiger partial charge in [0.15, 0.2) is 0 Å². The van der Waals surface area contributed by atoms with Crippen LogP contribution in [0.3, 0.4) is 0 Å². The second-order valence-corrected chi connectivity index (χ2v) is 3.62. The first-order chi connectivity index (χ1) is 7.83. The number of aryl methyl sites for hydroxylation is 1. The Bertz CT molecular complexity index is 554. The van der Waals surface area contributed by atoms with Gasteiger partial charge in [-0.15, -0.1) is 0 Å². The third-order valence-electron chi connectivity index (χ3n) is 2.58. The van der Waals surface area contributed by atoms with E-state index in [4.69, 9.17) is 0 Å². The fourth-order valence-corrected chi connectivity index (χ4v) is 1.72. The molecule has 0 saturated carbocycles. The van der Waals surface area contributed by atoms with Crippen molar-refractivity contribution in [1.29, 1.82) is 0 Å². The monoisotopic (exact) mass is 210 g/mol. The Kier molecular flexibility index (Phi) is 3.10. The first-order valence-corrected chi connectivity index (χ1v) is 5.26. The Balaban J connectivity index is 2.52. The van der Waals surface area contributed by atoms with Crippen LogP contribution in [0.25, 0.3) is 17.0 Å². The minimum absolute atomic E-state index is 1.07. The summed E-state index contributed by atoms with van der Waals surface area (Å²) in [6, 6.07) is 8.24. The van der Waals surface area contributed by atoms with Gasteiger partial charge in [0, 0.05) is 24.8 Å². The summed E-state index contributed by atoms with van der Waals surface area (Å²) in [5.74, 6) is 0. The summed E-state index contributed by atoms with van der Waals surface area (Å²) in [5, 5.41) is 1.18. The molecule has 80 valence electrons. The predicted molar refractivity (Wildman–Crippen MR) is 69.9 cm³/mol. The highest BCUT2D eigenvalue weighted by molar-refractivity contribution is 5.87. The predicted octanol–water partition coefficient (Wildman–Crippen LogP) is 3.26. The molecule has 0 amide bonds. The second-order valence-electron chi connectivity index (χ2n) is 3.62. The first kappa shape index (κ1) is 10.6. The molecule has 0 saturated heterocycles. The maximum atomic E-state index is 4.40. The van der Waals surface area contributed by atoms with Crippen LogP contribution in [-0.4, -0.2) is 18.2 Å². The van der Waals surface area contributed by atoms with E-state index in [1.807, 2.05) is 18.3 Å². The van der Waals surface area contributed by atoms with Crippen molar-refractivity contribution in [2.45, 2.75) is 6.92 Å². The Hall–Kier alpha value is -1.96. The lowest BCUT2D eigenvalue weighted by molar-refractivity contribution is 1.36. The van der Waals surface area contributed by atoms with Crippen LogP contribution in [0.15, 0.2) is 41.5 Å². The van der Waals surface area contributed by atoms with E-state index in [1.165, 1.54) is 16.5 Å². The summed E-state index contributed by atoms with van der Waals surface area (Å²) < 4.78 is 0. The standard InChI is InChI=1S/C14H14N2/c1-11-12(5-3-9-15-2)7-8-13-6-4-10-16-14(11)13/h3-10H,1-2H3/b5-3-,15-9?. The van der Waals surface area contributed by atoms with Gasteiger partial charge in [-0.05, 0) is 30.2 Å². The summed E-state index contributed by atoms with van der Waals surface area (Å²) in [6.07, 6.45) is 7.60. The molecule has 2 nitrogen and oxygen atoms in total. The van der Waals surface area contributed by atoms with Crippen molar-refractivity contribution < 1.29 is 0 Å². The van der Waals surface area contributed by atoms with Gasteiger partial charge in [0.25, 0.3) is 0 Å². The van der Waals surface area contributed by atoms with Crippen LogP contribution in [0, 0.1) is 6.92 Å². The number of hydrogen-bond donors (Lipinski definition) is 0. The highest BCUT2D eigenvalue weighted by Crippen LogP contribution is 2.20. The largest absolute Gasteiger partial charge is 0.297 e. The van der Waals surface area contributed by atoms with Gasteiger partial charge in [0.05, 0.1) is 5.52 Å². The Morgan fingerprint density at radius 3 is 2.94 bits per heavy atom. The van der Waals surface area contributed by atoms with E-state index < -0.39 is 0 Å². The average molecular weight is 210 g/mol. The quantitative estimate of drug-likeness (QED) is 0.698. The highest BCUT2D eigenvalue weighted by atomic mass is 14.6. The highest BCUT2D eigenvalue weighted by Gasteiger charge is 2.00. The van der Waals surface area contributed by atoms with Crippen LogP contribution in [0.1, 0.15) is 11.1 Å². The number of rotatable bonds is 2. The zero-order chi connectivity index (χ0) is 11.4. The van der Waals surface area contributed by atoms with Crippen molar-refractivity contribution >= 4 is 23.2 Å². The zero-order valence-electron chi connectivity index (χ0n) is 9.51. The van der Waals surface area contributed by atoms with Crippen molar-refractivity contribution in [3.05, 3.63) is 47.7 Å². The molecule has 0 aliphatic heterocycles. The molecule has 16 heavy (non-hydrogen) atoms. The van der Waals surface area contributed by atoms with Gasteiger partial charge in [-0.1, -0.05) is 24.3 Å². The van der Waals surface area contributed by atoms with Crippen LogP contribution < -0.4 is 0 Å². The van der Waals surface area contributed by atoms with E-state index in [0.29, 0.717) is 0 Å². The molecule has 1 aromatic carbocycles. The van der Waals surface area contributed by atoms with Crippen LogP contribution in [0.4, 0.5) is 0 Å². The maximum absolute atomic E-state index is 4.40. The van der Waals surface area contributed by atoms with E-state index in [1.54, 1.807) is 13.3 Å². The van der Waals surface area contributed by atoms with Gasteiger partial charge in [-0.3, -0.25) is 9.98 Å². The van der Waals surface area contributed by atoms with Gasteiger partial charge >= 0.3 is 0 Å². The van der Waals surface area contributed by atoms with Crippen LogP contribution in [0.5, 0.6) is 0 Å². The summed E-state index contributed by atoms with van der Waals surface area (Å²) in [5.41, 5.74) is 3.46. The number of nitrogens with zero attached hydrogens (tertiary/aromatic N) is 2. The Labute approximate surface area is 95.4 Å². The molecule has 1 aromatic heterocycles. The molecule has 0 N–H and O–H groups in total. The summed E-state index contributed by atoms with van der Waals surface area (Å²) >= 11 is 0. The van der Waals surface area contributed by atoms with Gasteiger partial charge in [-0.2, -0.15) is 0 Å². The van der Waals surface area contributed by atoms with Crippen molar-refractivity contribution in [2.75, 3.05) is 7.05 Å². The molecular formula is C14H14N2. The molecule has 2 aromatic rings. The third kappa shape index (κ3) is 2.01. The molecule has 0 aliphatic carbocycles. The Morgan fingerprint density at radius 2 is 2.12 bits per heavy atom. The number of allylic oxidation sites excluding steroid dienone is 1. The molecular weight excluding hydrogens is 196 g/mol. The number of hydrogen-bond acceptors (Lipinski definition) is 2. The lowest BCUT2D eigenvalue weighted by Gasteiger charge is -2.04. The minimum Gasteiger partial charge on any atom is -0.297 e. The smallest absolute Gasteiger partial charge is 0.0737 e. The van der Waals surface area contributed by atoms with E-state index in [9.17, 15) is 0 Å². The van der Waals surface area contributed by atoms with Gasteiger partial charge < -0.3 is 0 Å². The molecule has 0 unspecified atom stereocenters. The number of aliphatic imine (C=N–C) groups is 1. The number of aromatic nitrogens is 1. The molecule has 0 bridgehead atoms.